The molecule has 4 rings (SSSR count). The Morgan fingerprint density at radius 1 is 1.21 bits per heavy atom. The number of carbonyl (C=O) groups is 2. The molecular weight excluding hydrogens is 419 g/mol. The maximum Gasteiger partial charge on any atom is 0.324 e. The lowest BCUT2D eigenvalue weighted by Gasteiger charge is -2.28. The monoisotopic (exact) mass is 440 g/mol. The van der Waals surface area contributed by atoms with Gasteiger partial charge in [-0.05, 0) is 42.2 Å². The van der Waals surface area contributed by atoms with Crippen molar-refractivity contribution in [3.8, 4) is 0 Å². The summed E-state index contributed by atoms with van der Waals surface area (Å²) >= 11 is 7.32. The van der Waals surface area contributed by atoms with Gasteiger partial charge in [-0.25, -0.2) is 4.79 Å². The molecule has 0 spiro atoms. The number of primary amides is 1. The minimum Gasteiger partial charge on any atom is -0.365 e. The summed E-state index contributed by atoms with van der Waals surface area (Å²) in [4.78, 5) is 25.8. The first-order valence-electron chi connectivity index (χ1n) is 8.91. The average Bonchev–Trinajstić information content (AvgIpc) is 3.14. The summed E-state index contributed by atoms with van der Waals surface area (Å²) in [7, 11) is 0. The number of thiophene rings is 1. The lowest BCUT2D eigenvalue weighted by Crippen LogP contribution is -2.35. The third kappa shape index (κ3) is 3.59. The van der Waals surface area contributed by atoms with Crippen LogP contribution in [-0.2, 0) is 0 Å². The Kier molecular flexibility index (Phi) is 5.91. The maximum atomic E-state index is 12.4. The van der Waals surface area contributed by atoms with Crippen LogP contribution in [0.1, 0.15) is 53.0 Å². The predicted molar refractivity (Wildman–Crippen MR) is 116 cm³/mol. The molecule has 2 aliphatic rings. The smallest absolute Gasteiger partial charge is 0.324 e. The van der Waals surface area contributed by atoms with E-state index in [4.69, 9.17) is 17.3 Å². The van der Waals surface area contributed by atoms with Crippen LogP contribution in [0.25, 0.3) is 0 Å². The maximum absolute atomic E-state index is 12.4. The van der Waals surface area contributed by atoms with Gasteiger partial charge >= 0.3 is 6.03 Å². The van der Waals surface area contributed by atoms with Gasteiger partial charge in [0.1, 0.15) is 5.00 Å². The fourth-order valence-corrected chi connectivity index (χ4v) is 5.63. The first kappa shape index (κ1) is 20.9. The quantitative estimate of drug-likeness (QED) is 0.555. The van der Waals surface area contributed by atoms with Crippen LogP contribution in [0.4, 0.5) is 15.5 Å². The Hall–Kier alpha value is -1.80. The van der Waals surface area contributed by atoms with Gasteiger partial charge in [0, 0.05) is 33.6 Å². The van der Waals surface area contributed by atoms with Crippen molar-refractivity contribution in [1.29, 1.82) is 0 Å². The van der Waals surface area contributed by atoms with Crippen molar-refractivity contribution < 1.29 is 9.59 Å². The highest BCUT2D eigenvalue weighted by Gasteiger charge is 2.45. The van der Waals surface area contributed by atoms with E-state index in [1.807, 2.05) is 0 Å². The van der Waals surface area contributed by atoms with Gasteiger partial charge in [-0.3, -0.25) is 10.1 Å². The van der Waals surface area contributed by atoms with Gasteiger partial charge in [0.25, 0.3) is 5.91 Å². The fourth-order valence-electron chi connectivity index (χ4n) is 4.14. The molecule has 0 saturated carbocycles. The van der Waals surface area contributed by atoms with Crippen molar-refractivity contribution >= 4 is 58.0 Å². The second-order valence-electron chi connectivity index (χ2n) is 7.29. The molecule has 2 aliphatic heterocycles. The number of nitrogens with one attached hydrogen (secondary N) is 3. The van der Waals surface area contributed by atoms with Crippen molar-refractivity contribution in [2.45, 2.75) is 38.3 Å². The minimum atomic E-state index is -0.513. The number of nitrogens with two attached hydrogens (primary N) is 1. The van der Waals surface area contributed by atoms with Crippen molar-refractivity contribution in [3.05, 3.63) is 45.3 Å². The Morgan fingerprint density at radius 3 is 2.54 bits per heavy atom. The summed E-state index contributed by atoms with van der Waals surface area (Å²) in [5.74, 6) is 0.183. The zero-order valence-electron chi connectivity index (χ0n) is 15.4. The predicted octanol–water partition coefficient (Wildman–Crippen LogP) is 4.72. The van der Waals surface area contributed by atoms with E-state index < -0.39 is 11.9 Å². The van der Waals surface area contributed by atoms with E-state index >= 15 is 0 Å². The normalized spacial score (nSPS) is 24.8. The van der Waals surface area contributed by atoms with Crippen LogP contribution in [0.3, 0.4) is 0 Å². The van der Waals surface area contributed by atoms with Gasteiger partial charge < -0.3 is 16.4 Å². The molecule has 1 aromatic heterocycles. The summed E-state index contributed by atoms with van der Waals surface area (Å²) in [5.41, 5.74) is 7.71. The second kappa shape index (κ2) is 7.91. The molecule has 4 atom stereocenters. The summed E-state index contributed by atoms with van der Waals surface area (Å²) in [5, 5.41) is 10.3. The first-order valence-corrected chi connectivity index (χ1v) is 10.1. The van der Waals surface area contributed by atoms with E-state index in [1.54, 1.807) is 24.3 Å². The van der Waals surface area contributed by atoms with E-state index in [1.165, 1.54) is 11.3 Å². The highest BCUT2D eigenvalue weighted by atomic mass is 35.5. The van der Waals surface area contributed by atoms with Crippen molar-refractivity contribution in [2.24, 2.45) is 11.7 Å². The van der Waals surface area contributed by atoms with Crippen LogP contribution in [0, 0.1) is 5.92 Å². The van der Waals surface area contributed by atoms with E-state index in [9.17, 15) is 9.59 Å². The lowest BCUT2D eigenvalue weighted by atomic mass is 9.90. The SMILES string of the molecule is CC1c2sc(NC(=O)Nc3ccc(Cl)cc3)c(C(N)=O)c2[C@@H]2N[C@H]1CC2C.Cl. The first-order chi connectivity index (χ1) is 12.8. The Balaban J connectivity index is 0.00000225. The zero-order chi connectivity index (χ0) is 19.3. The Bertz CT molecular complexity index is 915. The van der Waals surface area contributed by atoms with Gasteiger partial charge in [-0.1, -0.05) is 25.4 Å². The molecule has 1 aromatic carbocycles. The summed E-state index contributed by atoms with van der Waals surface area (Å²) in [6, 6.07) is 6.90. The molecule has 1 fully saturated rings. The van der Waals surface area contributed by atoms with Crippen molar-refractivity contribution in [3.63, 3.8) is 0 Å². The largest absolute Gasteiger partial charge is 0.365 e. The van der Waals surface area contributed by atoms with Crippen LogP contribution in [-0.4, -0.2) is 18.0 Å². The molecule has 3 heterocycles. The number of hydrogen-bond acceptors (Lipinski definition) is 4. The van der Waals surface area contributed by atoms with Crippen LogP contribution >= 0.6 is 35.3 Å². The number of halogens is 2. The van der Waals surface area contributed by atoms with E-state index in [2.05, 4.69) is 29.8 Å². The van der Waals surface area contributed by atoms with E-state index in [-0.39, 0.29) is 24.4 Å². The van der Waals surface area contributed by atoms with Gasteiger partial charge in [0.15, 0.2) is 0 Å². The molecular formula is C19H22Cl2N4O2S. The summed E-state index contributed by atoms with van der Waals surface area (Å²) in [6.45, 7) is 4.34. The highest BCUT2D eigenvalue weighted by Crippen LogP contribution is 2.52. The van der Waals surface area contributed by atoms with E-state index in [0.29, 0.717) is 33.2 Å². The third-order valence-electron chi connectivity index (χ3n) is 5.47. The number of hydrogen-bond donors (Lipinski definition) is 4. The fraction of sp³-hybridized carbons (Fsp3) is 0.368. The molecule has 9 heteroatoms. The second-order valence-corrected chi connectivity index (χ2v) is 8.78. The number of fused-ring (bicyclic) bond motifs is 4. The van der Waals surface area contributed by atoms with Gasteiger partial charge in [0.2, 0.25) is 0 Å². The van der Waals surface area contributed by atoms with Crippen LogP contribution in [0.2, 0.25) is 5.02 Å². The topological polar surface area (TPSA) is 96.2 Å². The van der Waals surface area contributed by atoms with Crippen LogP contribution in [0.5, 0.6) is 0 Å². The number of rotatable bonds is 3. The van der Waals surface area contributed by atoms with E-state index in [0.717, 1.165) is 16.9 Å². The molecule has 2 aromatic rings. The molecule has 2 unspecified atom stereocenters. The summed E-state index contributed by atoms with van der Waals surface area (Å²) in [6.07, 6.45) is 1.07. The Labute approximate surface area is 178 Å². The minimum absolute atomic E-state index is 0. The number of carbonyl (C=O) groups excluding carboxylic acids is 2. The van der Waals surface area contributed by atoms with Crippen molar-refractivity contribution in [2.75, 3.05) is 10.6 Å². The highest BCUT2D eigenvalue weighted by molar-refractivity contribution is 7.17. The number of urea groups is 1. The molecule has 150 valence electrons. The molecule has 6 nitrogen and oxygen atoms in total. The number of amides is 3. The molecule has 28 heavy (non-hydrogen) atoms. The molecule has 0 radical (unpaired) electrons. The standard InChI is InChI=1S/C19H21ClN4O2S.ClH/c1-8-7-12-9(2)16-13(15(8)23-12)14(17(21)25)18(27-16)24-19(26)22-11-5-3-10(20)4-6-11;/h3-6,8-9,12,15,23H,7H2,1-2H3,(H2,21,25)(H2,22,24,26);1H/t8?,9?,12-,15+;/m0./s1. The molecule has 2 bridgehead atoms. The lowest BCUT2D eigenvalue weighted by molar-refractivity contribution is 0.0999. The molecule has 0 aliphatic carbocycles. The van der Waals surface area contributed by atoms with Gasteiger partial charge in [-0.2, -0.15) is 0 Å². The number of benzene rings is 1. The molecule has 3 amide bonds. The van der Waals surface area contributed by atoms with Crippen LogP contribution in [0.15, 0.2) is 24.3 Å². The molecule has 1 saturated heterocycles. The third-order valence-corrected chi connectivity index (χ3v) is 7.04. The zero-order valence-corrected chi connectivity index (χ0v) is 17.8. The Morgan fingerprint density at radius 2 is 1.89 bits per heavy atom. The number of anilines is 2. The van der Waals surface area contributed by atoms with Crippen LogP contribution < -0.4 is 21.7 Å². The summed E-state index contributed by atoms with van der Waals surface area (Å²) < 4.78 is 0. The molecule has 5 N–H and O–H groups in total. The van der Waals surface area contributed by atoms with Gasteiger partial charge in [-0.15, -0.1) is 23.7 Å². The van der Waals surface area contributed by atoms with Crippen molar-refractivity contribution in [1.82, 2.24) is 5.32 Å². The van der Waals surface area contributed by atoms with Gasteiger partial charge in [0.05, 0.1) is 5.56 Å². The average molecular weight is 441 g/mol.